The molecule has 1 unspecified atom stereocenters. The first kappa shape index (κ1) is 19.1. The van der Waals surface area contributed by atoms with E-state index in [1.807, 2.05) is 31.9 Å². The van der Waals surface area contributed by atoms with Crippen LogP contribution in [0.4, 0.5) is 10.5 Å². The Hall–Kier alpha value is -2.86. The second-order valence-corrected chi connectivity index (χ2v) is 10.0. The Balaban J connectivity index is 1.28. The third-order valence-electron chi connectivity index (χ3n) is 5.49. The third-order valence-corrected chi connectivity index (χ3v) is 6.63. The number of hydrogen-bond acceptors (Lipinski definition) is 5. The van der Waals surface area contributed by atoms with Gasteiger partial charge in [0.15, 0.2) is 0 Å². The molecule has 0 N–H and O–H groups in total. The van der Waals surface area contributed by atoms with Crippen LogP contribution in [0.1, 0.15) is 20.8 Å². The van der Waals surface area contributed by atoms with Crippen LogP contribution in [0.2, 0.25) is 0 Å². The molecule has 0 saturated carbocycles. The topological polar surface area (TPSA) is 45.7 Å². The molecule has 5 rings (SSSR count). The zero-order valence-corrected chi connectivity index (χ0v) is 18.3. The van der Waals surface area contributed by atoms with Crippen LogP contribution >= 0.6 is 11.3 Å². The Bertz CT molecular complexity index is 1090. The van der Waals surface area contributed by atoms with Gasteiger partial charge >= 0.3 is 6.09 Å². The highest BCUT2D eigenvalue weighted by Gasteiger charge is 2.37. The number of anilines is 1. The molecule has 5 nitrogen and oxygen atoms in total. The highest BCUT2D eigenvalue weighted by molar-refractivity contribution is 7.22. The normalized spacial score (nSPS) is 18.6. The average Bonchev–Trinajstić information content (AvgIpc) is 3.39. The van der Waals surface area contributed by atoms with E-state index in [0.29, 0.717) is 19.0 Å². The van der Waals surface area contributed by atoms with Gasteiger partial charge in [0.25, 0.3) is 0 Å². The van der Waals surface area contributed by atoms with Gasteiger partial charge in [0.2, 0.25) is 0 Å². The summed E-state index contributed by atoms with van der Waals surface area (Å²) in [7, 11) is 0. The summed E-state index contributed by atoms with van der Waals surface area (Å²) in [6.07, 6.45) is 3.90. The minimum atomic E-state index is -0.461. The second-order valence-electron chi connectivity index (χ2n) is 8.96. The van der Waals surface area contributed by atoms with Crippen molar-refractivity contribution in [3.8, 4) is 10.6 Å². The smallest absolute Gasteiger partial charge is 0.410 e. The van der Waals surface area contributed by atoms with Crippen LogP contribution in [0.15, 0.2) is 60.4 Å². The number of nitrogens with zero attached hydrogens (tertiary/aromatic N) is 3. The predicted octanol–water partition coefficient (Wildman–Crippen LogP) is 5.53. The van der Waals surface area contributed by atoms with Crippen LogP contribution in [0.3, 0.4) is 0 Å². The predicted molar refractivity (Wildman–Crippen MR) is 122 cm³/mol. The monoisotopic (exact) mass is 419 g/mol. The van der Waals surface area contributed by atoms with E-state index in [4.69, 9.17) is 9.72 Å². The lowest BCUT2D eigenvalue weighted by molar-refractivity contribution is 0.0291. The van der Waals surface area contributed by atoms with Crippen LogP contribution < -0.4 is 4.90 Å². The van der Waals surface area contributed by atoms with Crippen LogP contribution in [-0.2, 0) is 4.74 Å². The fourth-order valence-electron chi connectivity index (χ4n) is 4.06. The van der Waals surface area contributed by atoms with E-state index in [1.54, 1.807) is 11.3 Å². The summed E-state index contributed by atoms with van der Waals surface area (Å²) in [4.78, 5) is 22.3. The summed E-state index contributed by atoms with van der Waals surface area (Å²) < 4.78 is 6.79. The lowest BCUT2D eigenvalue weighted by Crippen LogP contribution is -2.36. The van der Waals surface area contributed by atoms with Crippen LogP contribution in [0.5, 0.6) is 0 Å². The first-order valence-electron chi connectivity index (χ1n) is 10.3. The number of thiophene rings is 1. The number of fused-ring (bicyclic) bond motifs is 2. The summed E-state index contributed by atoms with van der Waals surface area (Å²) in [6.45, 7) is 7.93. The van der Waals surface area contributed by atoms with Crippen LogP contribution in [-0.4, -0.2) is 41.2 Å². The van der Waals surface area contributed by atoms with Crippen molar-refractivity contribution in [3.63, 3.8) is 0 Å². The summed E-state index contributed by atoms with van der Waals surface area (Å²) in [5.41, 5.74) is 2.92. The van der Waals surface area contributed by atoms with Crippen molar-refractivity contribution in [3.05, 3.63) is 60.4 Å². The molecule has 0 spiro atoms. The van der Waals surface area contributed by atoms with Crippen molar-refractivity contribution in [2.75, 3.05) is 24.5 Å². The maximum atomic E-state index is 12.3. The molecule has 1 amide bonds. The molecule has 0 bridgehead atoms. The van der Waals surface area contributed by atoms with Crippen LogP contribution in [0.25, 0.3) is 20.7 Å². The average molecular weight is 420 g/mol. The Morgan fingerprint density at radius 3 is 2.70 bits per heavy atom. The van der Waals surface area contributed by atoms with E-state index in [-0.39, 0.29) is 6.09 Å². The van der Waals surface area contributed by atoms with E-state index < -0.39 is 5.60 Å². The van der Waals surface area contributed by atoms with E-state index in [2.05, 4.69) is 53.6 Å². The molecule has 30 heavy (non-hydrogen) atoms. The molecule has 154 valence electrons. The number of carbonyl (C=O) groups is 1. The summed E-state index contributed by atoms with van der Waals surface area (Å²) in [5.74, 6) is 0.361. The Kier molecular flexibility index (Phi) is 4.54. The largest absolute Gasteiger partial charge is 0.444 e. The van der Waals surface area contributed by atoms with Gasteiger partial charge in [-0.2, -0.15) is 0 Å². The van der Waals surface area contributed by atoms with E-state index in [9.17, 15) is 4.79 Å². The van der Waals surface area contributed by atoms with Gasteiger partial charge in [-0.1, -0.05) is 18.2 Å². The zero-order valence-electron chi connectivity index (χ0n) is 17.5. The Labute approximate surface area is 180 Å². The van der Waals surface area contributed by atoms with E-state index in [1.165, 1.54) is 20.5 Å². The van der Waals surface area contributed by atoms with Crippen molar-refractivity contribution in [1.29, 1.82) is 0 Å². The molecule has 2 aromatic heterocycles. The SMILES string of the molecule is CC(C)(C)OC(=O)N1CC2=CN(c3ccc(-c4cc5ccccc5s4)nc3)CC2C1. The first-order valence-corrected chi connectivity index (χ1v) is 11.1. The van der Waals surface area contributed by atoms with Crippen molar-refractivity contribution in [2.24, 2.45) is 5.92 Å². The van der Waals surface area contributed by atoms with Gasteiger partial charge in [0.05, 0.1) is 22.5 Å². The number of ether oxygens (including phenoxy) is 1. The Morgan fingerprint density at radius 2 is 2.00 bits per heavy atom. The fourth-order valence-corrected chi connectivity index (χ4v) is 5.10. The number of hydrogen-bond donors (Lipinski definition) is 0. The molecule has 3 aromatic rings. The zero-order chi connectivity index (χ0) is 20.9. The molecule has 2 aliphatic heterocycles. The highest BCUT2D eigenvalue weighted by atomic mass is 32.1. The van der Waals surface area contributed by atoms with Gasteiger partial charge in [-0.3, -0.25) is 4.98 Å². The van der Waals surface area contributed by atoms with Crippen molar-refractivity contribution in [1.82, 2.24) is 9.88 Å². The molecule has 1 aromatic carbocycles. The lowest BCUT2D eigenvalue weighted by atomic mass is 10.1. The molecule has 4 heterocycles. The van der Waals surface area contributed by atoms with Crippen molar-refractivity contribution in [2.45, 2.75) is 26.4 Å². The lowest BCUT2D eigenvalue weighted by Gasteiger charge is -2.25. The van der Waals surface area contributed by atoms with Gasteiger partial charge in [-0.25, -0.2) is 4.79 Å². The fraction of sp³-hybridized carbons (Fsp3) is 0.333. The molecular formula is C24H25N3O2S. The Morgan fingerprint density at radius 1 is 1.17 bits per heavy atom. The minimum Gasteiger partial charge on any atom is -0.444 e. The maximum absolute atomic E-state index is 12.3. The van der Waals surface area contributed by atoms with Crippen molar-refractivity contribution >= 4 is 33.2 Å². The van der Waals surface area contributed by atoms with E-state index >= 15 is 0 Å². The highest BCUT2D eigenvalue weighted by Crippen LogP contribution is 2.35. The number of likely N-dealkylation sites (tertiary alicyclic amines) is 1. The van der Waals surface area contributed by atoms with Crippen molar-refractivity contribution < 1.29 is 9.53 Å². The van der Waals surface area contributed by atoms with Gasteiger partial charge in [-0.15, -0.1) is 11.3 Å². The number of rotatable bonds is 2. The molecule has 2 aliphatic rings. The summed E-state index contributed by atoms with van der Waals surface area (Å²) in [5, 5.41) is 1.26. The quantitative estimate of drug-likeness (QED) is 0.548. The number of carbonyl (C=O) groups excluding carboxylic acids is 1. The number of aromatic nitrogens is 1. The summed E-state index contributed by atoms with van der Waals surface area (Å²) in [6, 6.07) is 14.9. The van der Waals surface area contributed by atoms with Gasteiger partial charge in [0.1, 0.15) is 5.60 Å². The molecule has 6 heteroatoms. The molecular weight excluding hydrogens is 394 g/mol. The molecule has 1 atom stereocenters. The molecule has 1 fully saturated rings. The molecule has 0 radical (unpaired) electrons. The van der Waals surface area contributed by atoms with E-state index in [0.717, 1.165) is 17.9 Å². The maximum Gasteiger partial charge on any atom is 0.410 e. The second kappa shape index (κ2) is 7.13. The number of benzene rings is 1. The van der Waals surface area contributed by atoms with Gasteiger partial charge in [0, 0.05) is 36.5 Å². The van der Waals surface area contributed by atoms with Gasteiger partial charge < -0.3 is 14.5 Å². The minimum absolute atomic E-state index is 0.223. The number of amides is 1. The third kappa shape index (κ3) is 3.67. The molecule has 0 aliphatic carbocycles. The first-order chi connectivity index (χ1) is 14.4. The number of pyridine rings is 1. The van der Waals surface area contributed by atoms with Crippen LogP contribution in [0, 0.1) is 5.92 Å². The molecule has 1 saturated heterocycles. The summed E-state index contributed by atoms with van der Waals surface area (Å²) >= 11 is 1.77. The van der Waals surface area contributed by atoms with Gasteiger partial charge in [-0.05, 0) is 56.0 Å². The standard InChI is InChI=1S/C24H25N3O2S/c1-24(2,3)29-23(28)27-14-17-12-26(13-18(17)15-27)19-8-9-20(25-11-19)22-10-16-6-4-5-7-21(16)30-22/h4-12,18H,13-15H2,1-3H3.